The Morgan fingerprint density at radius 2 is 0.982 bits per heavy atom. The molecular weight excluding hydrogens is 725 g/mol. The minimum atomic E-state index is -1.62. The predicted octanol–water partition coefficient (Wildman–Crippen LogP) is 8.10. The Labute approximate surface area is 341 Å². The Morgan fingerprint density at radius 1 is 0.544 bits per heavy atom. The molecule has 0 aliphatic carbocycles. The first-order valence-electron chi connectivity index (χ1n) is 20.4. The number of carbonyl (C=O) groups is 2. The smallest absolute Gasteiger partial charge is 0.306 e. The second-order valence-electron chi connectivity index (χ2n) is 13.2. The standard InChI is InChI=1S/C47H68O10/c1-3-5-7-9-11-13-15-17-18-19-20-21-22-24-25-27-29-31-33-35-42(49)54-38-40(39-55-47-46(53)45(52)44(51)41(37-48)57-47)56-43(50)36-34-32-30-28-26-23-16-14-12-10-8-6-4-2/h5-26,40-41,44-48,51-53H,3-4,27-39H2,1-2H3/b7-5+,8-6+,11-9+,12-10+,15-13+,16-14+,18-17+,20-19+,22-21+,25-24+,26-23+/t40?,41-,44+,45?,46?,47-/m0/s1. The van der Waals surface area contributed by atoms with E-state index in [9.17, 15) is 30.0 Å². The molecule has 0 aromatic heterocycles. The second-order valence-corrected chi connectivity index (χ2v) is 13.2. The van der Waals surface area contributed by atoms with Gasteiger partial charge in [-0.15, -0.1) is 0 Å². The van der Waals surface area contributed by atoms with E-state index in [1.807, 2.05) is 109 Å². The molecule has 1 rings (SSSR count). The summed E-state index contributed by atoms with van der Waals surface area (Å²) >= 11 is 0. The van der Waals surface area contributed by atoms with Crippen molar-refractivity contribution in [3.05, 3.63) is 134 Å². The minimum absolute atomic E-state index is 0.163. The maximum atomic E-state index is 12.7. The number of hydrogen-bond acceptors (Lipinski definition) is 10. The lowest BCUT2D eigenvalue weighted by Crippen LogP contribution is -2.59. The number of aliphatic hydroxyl groups is 4. The molecule has 10 nitrogen and oxygen atoms in total. The summed E-state index contributed by atoms with van der Waals surface area (Å²) in [5.41, 5.74) is 0. The van der Waals surface area contributed by atoms with E-state index in [1.54, 1.807) is 0 Å². The summed E-state index contributed by atoms with van der Waals surface area (Å²) in [6, 6.07) is 0. The quantitative estimate of drug-likeness (QED) is 0.0319. The fourth-order valence-corrected chi connectivity index (χ4v) is 5.12. The van der Waals surface area contributed by atoms with Crippen LogP contribution in [0.5, 0.6) is 0 Å². The van der Waals surface area contributed by atoms with Crippen LogP contribution >= 0.6 is 0 Å². The van der Waals surface area contributed by atoms with Crippen molar-refractivity contribution in [1.82, 2.24) is 0 Å². The van der Waals surface area contributed by atoms with Gasteiger partial charge in [0.15, 0.2) is 12.4 Å². The predicted molar refractivity (Wildman–Crippen MR) is 228 cm³/mol. The van der Waals surface area contributed by atoms with E-state index in [-0.39, 0.29) is 26.1 Å². The van der Waals surface area contributed by atoms with E-state index in [1.165, 1.54) is 0 Å². The number of hydrogen-bond donors (Lipinski definition) is 4. The van der Waals surface area contributed by atoms with Gasteiger partial charge < -0.3 is 39.4 Å². The third-order valence-corrected chi connectivity index (χ3v) is 8.32. The van der Waals surface area contributed by atoms with Gasteiger partial charge in [0, 0.05) is 12.8 Å². The van der Waals surface area contributed by atoms with Crippen molar-refractivity contribution in [2.75, 3.05) is 19.8 Å². The summed E-state index contributed by atoms with van der Waals surface area (Å²) in [5.74, 6) is -0.926. The molecule has 10 heteroatoms. The molecule has 0 amide bonds. The zero-order chi connectivity index (χ0) is 41.6. The Kier molecular flexibility index (Phi) is 32.3. The average molecular weight is 793 g/mol. The molecule has 4 N–H and O–H groups in total. The molecule has 0 spiro atoms. The van der Waals surface area contributed by atoms with Crippen molar-refractivity contribution in [3.63, 3.8) is 0 Å². The zero-order valence-electron chi connectivity index (χ0n) is 34.0. The first-order chi connectivity index (χ1) is 27.8. The molecule has 1 saturated heterocycles. The Hall–Kier alpha value is -4.16. The molecule has 0 radical (unpaired) electrons. The van der Waals surface area contributed by atoms with Crippen LogP contribution in [-0.4, -0.2) is 89.0 Å². The number of carbonyl (C=O) groups excluding carboxylic acids is 2. The number of unbranched alkanes of at least 4 members (excludes halogenated alkanes) is 6. The third kappa shape index (κ3) is 28.0. The van der Waals surface area contributed by atoms with Crippen molar-refractivity contribution < 1.29 is 49.0 Å². The lowest BCUT2D eigenvalue weighted by molar-refractivity contribution is -0.305. The van der Waals surface area contributed by atoms with Crippen LogP contribution in [0.2, 0.25) is 0 Å². The summed E-state index contributed by atoms with van der Waals surface area (Å²) in [4.78, 5) is 25.2. The van der Waals surface area contributed by atoms with Crippen LogP contribution in [0.1, 0.15) is 90.9 Å². The number of allylic oxidation sites excluding steroid dienone is 22. The van der Waals surface area contributed by atoms with E-state index in [4.69, 9.17) is 18.9 Å². The van der Waals surface area contributed by atoms with Crippen LogP contribution in [-0.2, 0) is 28.5 Å². The lowest BCUT2D eigenvalue weighted by Gasteiger charge is -2.39. The van der Waals surface area contributed by atoms with Crippen LogP contribution in [0.3, 0.4) is 0 Å². The molecule has 1 aliphatic rings. The Balaban J connectivity index is 2.46. The zero-order valence-corrected chi connectivity index (χ0v) is 34.0. The molecular formula is C47H68O10. The molecule has 6 atom stereocenters. The van der Waals surface area contributed by atoms with Crippen LogP contribution in [0, 0.1) is 0 Å². The normalized spacial score (nSPS) is 21.7. The van der Waals surface area contributed by atoms with Gasteiger partial charge >= 0.3 is 11.9 Å². The second kappa shape index (κ2) is 36.2. The fraction of sp³-hybridized carbons (Fsp3) is 0.489. The minimum Gasteiger partial charge on any atom is -0.462 e. The van der Waals surface area contributed by atoms with Crippen molar-refractivity contribution in [2.45, 2.75) is 128 Å². The van der Waals surface area contributed by atoms with Gasteiger partial charge in [0.1, 0.15) is 31.0 Å². The summed E-state index contributed by atoms with van der Waals surface area (Å²) in [5, 5.41) is 40.0. The largest absolute Gasteiger partial charge is 0.462 e. The van der Waals surface area contributed by atoms with E-state index >= 15 is 0 Å². The van der Waals surface area contributed by atoms with Gasteiger partial charge in [0.25, 0.3) is 0 Å². The van der Waals surface area contributed by atoms with Crippen molar-refractivity contribution in [3.8, 4) is 0 Å². The first-order valence-corrected chi connectivity index (χ1v) is 20.4. The highest BCUT2D eigenvalue weighted by molar-refractivity contribution is 5.70. The third-order valence-electron chi connectivity index (χ3n) is 8.32. The average Bonchev–Trinajstić information content (AvgIpc) is 3.21. The maximum absolute atomic E-state index is 12.7. The van der Waals surface area contributed by atoms with Gasteiger partial charge in [-0.25, -0.2) is 0 Å². The molecule has 0 saturated carbocycles. The van der Waals surface area contributed by atoms with Crippen molar-refractivity contribution in [1.29, 1.82) is 0 Å². The molecule has 57 heavy (non-hydrogen) atoms. The molecule has 3 unspecified atom stereocenters. The van der Waals surface area contributed by atoms with E-state index in [2.05, 4.69) is 38.2 Å². The molecule has 316 valence electrons. The summed E-state index contributed by atoms with van der Waals surface area (Å²) in [6.07, 6.45) is 44.6. The van der Waals surface area contributed by atoms with Crippen LogP contribution < -0.4 is 0 Å². The SMILES string of the molecule is CC/C=C/C=C/C=C/C=C/C=C/C=C/C=C/CCCCCC(=O)OCC(CO[C@H]1O[C@@H](CO)[C@@H](O)C(O)C1O)OC(=O)CCCCC/C=C/C=C/C=C/C=C/CC. The van der Waals surface area contributed by atoms with Crippen molar-refractivity contribution in [2.24, 2.45) is 0 Å². The molecule has 1 fully saturated rings. The van der Waals surface area contributed by atoms with E-state index in [0.717, 1.165) is 51.4 Å². The number of ether oxygens (including phenoxy) is 4. The van der Waals surface area contributed by atoms with Crippen LogP contribution in [0.15, 0.2) is 134 Å². The van der Waals surface area contributed by atoms with Gasteiger partial charge in [-0.2, -0.15) is 0 Å². The molecule has 1 heterocycles. The highest BCUT2D eigenvalue weighted by Gasteiger charge is 2.44. The first kappa shape index (κ1) is 50.9. The monoisotopic (exact) mass is 792 g/mol. The lowest BCUT2D eigenvalue weighted by atomic mass is 9.99. The highest BCUT2D eigenvalue weighted by Crippen LogP contribution is 2.22. The van der Waals surface area contributed by atoms with E-state index in [0.29, 0.717) is 12.8 Å². The Morgan fingerprint density at radius 3 is 1.44 bits per heavy atom. The number of esters is 2. The summed E-state index contributed by atoms with van der Waals surface area (Å²) in [6.45, 7) is 2.99. The molecule has 0 aromatic rings. The van der Waals surface area contributed by atoms with Gasteiger partial charge in [0.05, 0.1) is 13.2 Å². The highest BCUT2D eigenvalue weighted by atomic mass is 16.7. The van der Waals surface area contributed by atoms with Crippen LogP contribution in [0.4, 0.5) is 0 Å². The Bertz CT molecular complexity index is 1380. The number of rotatable bonds is 30. The van der Waals surface area contributed by atoms with Crippen LogP contribution in [0.25, 0.3) is 0 Å². The van der Waals surface area contributed by atoms with E-state index < -0.39 is 55.4 Å². The molecule has 0 aromatic carbocycles. The number of aliphatic hydroxyl groups excluding tert-OH is 4. The molecule has 1 aliphatic heterocycles. The van der Waals surface area contributed by atoms with Gasteiger partial charge in [-0.1, -0.05) is 160 Å². The molecule has 0 bridgehead atoms. The topological polar surface area (TPSA) is 152 Å². The van der Waals surface area contributed by atoms with Gasteiger partial charge in [0.2, 0.25) is 0 Å². The summed E-state index contributed by atoms with van der Waals surface area (Å²) < 4.78 is 22.0. The van der Waals surface area contributed by atoms with Crippen molar-refractivity contribution >= 4 is 11.9 Å². The van der Waals surface area contributed by atoms with Gasteiger partial charge in [-0.05, 0) is 51.4 Å². The summed E-state index contributed by atoms with van der Waals surface area (Å²) in [7, 11) is 0. The maximum Gasteiger partial charge on any atom is 0.306 e. The van der Waals surface area contributed by atoms with Gasteiger partial charge in [-0.3, -0.25) is 9.59 Å². The fourth-order valence-electron chi connectivity index (χ4n) is 5.12.